The van der Waals surface area contributed by atoms with Crippen LogP contribution >= 0.6 is 0 Å². The predicted octanol–water partition coefficient (Wildman–Crippen LogP) is 13.9. The molecule has 0 spiro atoms. The minimum absolute atomic E-state index is 0.418. The van der Waals surface area contributed by atoms with Crippen LogP contribution in [0.5, 0.6) is 23.0 Å². The monoisotopic (exact) mass is 902 g/mol. The summed E-state index contributed by atoms with van der Waals surface area (Å²) in [5.41, 5.74) is 5.39. The van der Waals surface area contributed by atoms with Gasteiger partial charge in [0.25, 0.3) is 0 Å². The average Bonchev–Trinajstić information content (AvgIpc) is 4.10. The molecule has 9 aromatic rings. The molecule has 2 aliphatic heterocycles. The van der Waals surface area contributed by atoms with Crippen LogP contribution in [0.25, 0.3) is 111 Å². The van der Waals surface area contributed by atoms with Crippen molar-refractivity contribution in [1.29, 1.82) is 0 Å². The van der Waals surface area contributed by atoms with Gasteiger partial charge in [0, 0.05) is 21.9 Å². The molecule has 3 aromatic heterocycles. The van der Waals surface area contributed by atoms with Crippen molar-refractivity contribution in [2.45, 2.75) is 79.1 Å². The number of benzene rings is 6. The Morgan fingerprint density at radius 1 is 0.368 bits per heavy atom. The first-order valence-electron chi connectivity index (χ1n) is 24.3. The highest BCUT2D eigenvalue weighted by atomic mass is 16.5. The number of aromatic nitrogens is 8. The Kier molecular flexibility index (Phi) is 11.8. The third kappa shape index (κ3) is 7.87. The van der Waals surface area contributed by atoms with E-state index in [-0.39, 0.29) is 0 Å². The summed E-state index contributed by atoms with van der Waals surface area (Å²) in [6, 6.07) is 33.2. The Morgan fingerprint density at radius 3 is 1.15 bits per heavy atom. The van der Waals surface area contributed by atoms with Gasteiger partial charge in [-0.1, -0.05) is 102 Å². The van der Waals surface area contributed by atoms with E-state index < -0.39 is 0 Å². The standard InChI is InChI=1S/C56H54N8O4/c1-5-9-25-65-41-21-23-43(67-27-11-7-3)47-45(41)53-60-51-39-31-35-19-15-13-17-33(35)29-37(39)49(58-51)57-50-38-30-34-18-14-16-20-36(34)32-40(38)52(59-50)61-54-46-42(66-26-10-6-2)22-24-44(68-28-12-8-4)48(46)56(63-54)64-55(47)62-53/h13-24,29-32H,5-12,25-28H2,1-4H3,(H2,57,58,59,60,61,62,63,64). The zero-order valence-corrected chi connectivity index (χ0v) is 39.0. The molecule has 6 aromatic carbocycles. The first-order chi connectivity index (χ1) is 33.5. The van der Waals surface area contributed by atoms with E-state index in [0.717, 1.165) is 106 Å². The summed E-state index contributed by atoms with van der Waals surface area (Å²) in [6.07, 6.45) is 7.49. The maximum Gasteiger partial charge on any atom is 0.168 e. The SMILES string of the molecule is CCCCOc1ccc(OCCCC)c2c1-c1nc-2nc2[nH]c(nc3nc(nc4[nH]c(n1)c1cc5ccccc5cc41)-c1cc4ccccc4cc1-3)c1c(OCCCC)ccc(OCCCC)c21. The molecular weight excluding hydrogens is 849 g/mol. The lowest BCUT2D eigenvalue weighted by Gasteiger charge is -2.14. The molecule has 0 saturated heterocycles. The molecule has 12 nitrogen and oxygen atoms in total. The zero-order valence-electron chi connectivity index (χ0n) is 39.0. The van der Waals surface area contributed by atoms with Gasteiger partial charge in [0.15, 0.2) is 23.3 Å². The summed E-state index contributed by atoms with van der Waals surface area (Å²) < 4.78 is 26.4. The van der Waals surface area contributed by atoms with E-state index in [0.29, 0.717) is 106 Å². The molecule has 8 bridgehead atoms. The smallest absolute Gasteiger partial charge is 0.168 e. The van der Waals surface area contributed by atoms with Crippen molar-refractivity contribution < 1.29 is 18.9 Å². The number of nitrogens with zero attached hydrogens (tertiary/aromatic N) is 6. The van der Waals surface area contributed by atoms with Crippen LogP contribution in [-0.4, -0.2) is 66.3 Å². The highest BCUT2D eigenvalue weighted by Crippen LogP contribution is 2.48. The Balaban J connectivity index is 1.31. The molecule has 342 valence electrons. The number of aromatic amines is 2. The van der Waals surface area contributed by atoms with Gasteiger partial charge >= 0.3 is 0 Å². The Hall–Kier alpha value is -7.60. The van der Waals surface area contributed by atoms with Gasteiger partial charge in [-0.05, 0) is 95.8 Å². The van der Waals surface area contributed by atoms with E-state index >= 15 is 0 Å². The minimum Gasteiger partial charge on any atom is -0.493 e. The van der Waals surface area contributed by atoms with E-state index in [4.69, 9.17) is 48.9 Å². The van der Waals surface area contributed by atoms with Gasteiger partial charge in [-0.2, -0.15) is 0 Å². The van der Waals surface area contributed by atoms with Crippen LogP contribution in [0.1, 0.15) is 79.1 Å². The summed E-state index contributed by atoms with van der Waals surface area (Å²) in [5.74, 6) is 4.53. The molecule has 0 aliphatic carbocycles. The summed E-state index contributed by atoms with van der Waals surface area (Å²) in [6.45, 7) is 10.7. The van der Waals surface area contributed by atoms with E-state index in [9.17, 15) is 0 Å². The summed E-state index contributed by atoms with van der Waals surface area (Å²) >= 11 is 0. The molecule has 12 heteroatoms. The van der Waals surface area contributed by atoms with E-state index in [2.05, 4.69) is 104 Å². The lowest BCUT2D eigenvalue weighted by molar-refractivity contribution is 0.303. The van der Waals surface area contributed by atoms with Gasteiger partial charge in [-0.3, -0.25) is 0 Å². The third-order valence-corrected chi connectivity index (χ3v) is 12.7. The maximum atomic E-state index is 6.62. The van der Waals surface area contributed by atoms with Crippen molar-refractivity contribution in [1.82, 2.24) is 39.9 Å². The fourth-order valence-corrected chi connectivity index (χ4v) is 9.09. The largest absolute Gasteiger partial charge is 0.493 e. The maximum absolute atomic E-state index is 6.62. The van der Waals surface area contributed by atoms with Crippen LogP contribution in [0, 0.1) is 0 Å². The number of hydrogen-bond donors (Lipinski definition) is 2. The van der Waals surface area contributed by atoms with Crippen LogP contribution in [0.4, 0.5) is 0 Å². The molecule has 0 atom stereocenters. The first kappa shape index (κ1) is 43.0. The first-order valence-corrected chi connectivity index (χ1v) is 24.3. The third-order valence-electron chi connectivity index (χ3n) is 12.7. The minimum atomic E-state index is 0.418. The summed E-state index contributed by atoms with van der Waals surface area (Å²) in [7, 11) is 0. The molecule has 11 rings (SSSR count). The summed E-state index contributed by atoms with van der Waals surface area (Å²) in [5, 5.41) is 7.56. The predicted molar refractivity (Wildman–Crippen MR) is 273 cm³/mol. The van der Waals surface area contributed by atoms with E-state index in [1.165, 1.54) is 0 Å². The van der Waals surface area contributed by atoms with Crippen molar-refractivity contribution in [3.63, 3.8) is 0 Å². The van der Waals surface area contributed by atoms with Crippen LogP contribution < -0.4 is 18.9 Å². The molecule has 0 fully saturated rings. The molecule has 68 heavy (non-hydrogen) atoms. The second-order valence-corrected chi connectivity index (χ2v) is 17.5. The van der Waals surface area contributed by atoms with Crippen LogP contribution in [0.2, 0.25) is 0 Å². The van der Waals surface area contributed by atoms with E-state index in [1.54, 1.807) is 0 Å². The molecule has 0 radical (unpaired) electrons. The molecule has 2 aliphatic rings. The quantitative estimate of drug-likeness (QED) is 0.0899. The average molecular weight is 903 g/mol. The molecular formula is C56H54N8O4. The van der Waals surface area contributed by atoms with Crippen LogP contribution in [0.15, 0.2) is 97.1 Å². The van der Waals surface area contributed by atoms with Crippen molar-refractivity contribution in [3.05, 3.63) is 97.1 Å². The zero-order chi connectivity index (χ0) is 46.1. The topological polar surface area (TPSA) is 146 Å². The number of H-pyrrole nitrogens is 2. The van der Waals surface area contributed by atoms with Gasteiger partial charge in [0.2, 0.25) is 0 Å². The fraction of sp³-hybridized carbons (Fsp3) is 0.286. The number of hydrogen-bond acceptors (Lipinski definition) is 10. The van der Waals surface area contributed by atoms with Crippen molar-refractivity contribution in [2.24, 2.45) is 0 Å². The van der Waals surface area contributed by atoms with Crippen molar-refractivity contribution >= 4 is 65.7 Å². The van der Waals surface area contributed by atoms with E-state index in [1.807, 2.05) is 30.3 Å². The van der Waals surface area contributed by atoms with Gasteiger partial charge in [0.1, 0.15) is 45.6 Å². The molecule has 0 saturated carbocycles. The lowest BCUT2D eigenvalue weighted by Crippen LogP contribution is -2.02. The summed E-state index contributed by atoms with van der Waals surface area (Å²) in [4.78, 5) is 39.6. The molecule has 0 amide bonds. The number of rotatable bonds is 16. The molecule has 5 heterocycles. The second-order valence-electron chi connectivity index (χ2n) is 17.5. The number of unbranched alkanes of at least 4 members (excludes halogenated alkanes) is 4. The fourth-order valence-electron chi connectivity index (χ4n) is 9.09. The Bertz CT molecular complexity index is 3560. The van der Waals surface area contributed by atoms with Crippen LogP contribution in [-0.2, 0) is 0 Å². The molecule has 0 unspecified atom stereocenters. The number of ether oxygens (including phenoxy) is 4. The normalized spacial score (nSPS) is 11.9. The van der Waals surface area contributed by atoms with Gasteiger partial charge in [-0.25, -0.2) is 29.9 Å². The van der Waals surface area contributed by atoms with Gasteiger partial charge < -0.3 is 28.9 Å². The molecule has 2 N–H and O–H groups in total. The van der Waals surface area contributed by atoms with Crippen LogP contribution in [0.3, 0.4) is 0 Å². The Labute approximate surface area is 394 Å². The highest BCUT2D eigenvalue weighted by molar-refractivity contribution is 6.13. The second kappa shape index (κ2) is 18.6. The van der Waals surface area contributed by atoms with Crippen molar-refractivity contribution in [2.75, 3.05) is 26.4 Å². The Morgan fingerprint density at radius 2 is 0.706 bits per heavy atom. The highest BCUT2D eigenvalue weighted by Gasteiger charge is 2.30. The van der Waals surface area contributed by atoms with Gasteiger partial charge in [-0.15, -0.1) is 0 Å². The van der Waals surface area contributed by atoms with Gasteiger partial charge in [0.05, 0.1) is 48.3 Å². The number of fused-ring (bicyclic) bond motifs is 22. The lowest BCUT2D eigenvalue weighted by atomic mass is 10.0. The number of nitrogens with one attached hydrogen (secondary N) is 2. The van der Waals surface area contributed by atoms with Crippen molar-refractivity contribution in [3.8, 4) is 68.5 Å².